The molecule has 0 aliphatic rings. The average Bonchev–Trinajstić information content (AvgIpc) is 2.79. The molecule has 0 atom stereocenters. The van der Waals surface area contributed by atoms with E-state index in [0.29, 0.717) is 6.61 Å². The molecular weight excluding hydrogens is 210 g/mol. The van der Waals surface area contributed by atoms with E-state index in [4.69, 9.17) is 9.47 Å². The molecule has 0 aliphatic carbocycles. The minimum Gasteiger partial charge on any atom is -0.496 e. The van der Waals surface area contributed by atoms with Gasteiger partial charge in [0.05, 0.1) is 18.7 Å². The van der Waals surface area contributed by atoms with Crippen molar-refractivity contribution in [3.05, 3.63) is 41.4 Å². The van der Waals surface area contributed by atoms with E-state index in [1.807, 2.05) is 29.6 Å². The molecule has 4 heteroatoms. The molecule has 1 aromatic carbocycles. The minimum atomic E-state index is 0.502. The summed E-state index contributed by atoms with van der Waals surface area (Å²) in [5.41, 5.74) is 1.03. The number of rotatable bonds is 4. The molecule has 0 unspecified atom stereocenters. The molecule has 1 heterocycles. The van der Waals surface area contributed by atoms with E-state index >= 15 is 0 Å². The third-order valence-electron chi connectivity index (χ3n) is 2.00. The molecule has 0 aliphatic heterocycles. The summed E-state index contributed by atoms with van der Waals surface area (Å²) in [5, 5.41) is 1.87. The summed E-state index contributed by atoms with van der Waals surface area (Å²) in [6.07, 6.45) is 1.71. The van der Waals surface area contributed by atoms with E-state index in [-0.39, 0.29) is 0 Å². The maximum Gasteiger partial charge on any atom is 0.150 e. The van der Waals surface area contributed by atoms with E-state index in [9.17, 15) is 0 Å². The average molecular weight is 221 g/mol. The number of benzene rings is 1. The zero-order chi connectivity index (χ0) is 10.5. The molecule has 0 saturated carbocycles. The predicted molar refractivity (Wildman–Crippen MR) is 59.4 cm³/mol. The van der Waals surface area contributed by atoms with E-state index in [1.165, 1.54) is 11.5 Å². The maximum absolute atomic E-state index is 5.54. The maximum atomic E-state index is 5.54. The standard InChI is InChI=1S/C11H11NO2S/c1-13-11-5-3-2-4-9(11)7-14-10-6-12-15-8-10/h2-6,8H,7H2,1H3. The molecule has 2 rings (SSSR count). The van der Waals surface area contributed by atoms with Gasteiger partial charge in [0.1, 0.15) is 12.4 Å². The molecule has 1 aromatic heterocycles. The summed E-state index contributed by atoms with van der Waals surface area (Å²) >= 11 is 1.38. The van der Waals surface area contributed by atoms with Crippen LogP contribution in [-0.4, -0.2) is 11.5 Å². The van der Waals surface area contributed by atoms with Crippen molar-refractivity contribution < 1.29 is 9.47 Å². The highest BCUT2D eigenvalue weighted by Gasteiger charge is 2.02. The Labute approximate surface area is 92.4 Å². The first-order valence-corrected chi connectivity index (χ1v) is 5.38. The van der Waals surface area contributed by atoms with Gasteiger partial charge in [-0.2, -0.15) is 4.37 Å². The largest absolute Gasteiger partial charge is 0.496 e. The smallest absolute Gasteiger partial charge is 0.150 e. The Morgan fingerprint density at radius 3 is 2.93 bits per heavy atom. The van der Waals surface area contributed by atoms with Gasteiger partial charge in [0.15, 0.2) is 5.75 Å². The molecule has 78 valence electrons. The number of hydrogen-bond acceptors (Lipinski definition) is 4. The van der Waals surface area contributed by atoms with Gasteiger partial charge in [-0.1, -0.05) is 18.2 Å². The highest BCUT2D eigenvalue weighted by Crippen LogP contribution is 2.20. The number of hydrogen-bond donors (Lipinski definition) is 0. The molecule has 2 aromatic rings. The third-order valence-corrected chi connectivity index (χ3v) is 2.56. The molecule has 0 spiro atoms. The molecule has 0 amide bonds. The molecule has 0 saturated heterocycles. The van der Waals surface area contributed by atoms with Gasteiger partial charge in [-0.3, -0.25) is 0 Å². The first kappa shape index (κ1) is 9.98. The molecule has 3 nitrogen and oxygen atoms in total. The third kappa shape index (κ3) is 2.47. The monoisotopic (exact) mass is 221 g/mol. The number of aromatic nitrogens is 1. The van der Waals surface area contributed by atoms with Gasteiger partial charge in [0.2, 0.25) is 0 Å². The van der Waals surface area contributed by atoms with Gasteiger partial charge < -0.3 is 9.47 Å². The molecular formula is C11H11NO2S. The Kier molecular flexibility index (Phi) is 3.19. The summed E-state index contributed by atoms with van der Waals surface area (Å²) < 4.78 is 14.7. The van der Waals surface area contributed by atoms with Crippen LogP contribution in [0, 0.1) is 0 Å². The second-order valence-corrected chi connectivity index (χ2v) is 3.62. The lowest BCUT2D eigenvalue weighted by Gasteiger charge is -2.08. The molecule has 0 fully saturated rings. The Morgan fingerprint density at radius 2 is 2.20 bits per heavy atom. The lowest BCUT2D eigenvalue weighted by molar-refractivity contribution is 0.297. The van der Waals surface area contributed by atoms with Crippen LogP contribution < -0.4 is 9.47 Å². The second kappa shape index (κ2) is 4.79. The van der Waals surface area contributed by atoms with Crippen LogP contribution in [-0.2, 0) is 6.61 Å². The second-order valence-electron chi connectivity index (χ2n) is 2.96. The van der Waals surface area contributed by atoms with Crippen molar-refractivity contribution in [3.8, 4) is 11.5 Å². The van der Waals surface area contributed by atoms with Gasteiger partial charge in [0.25, 0.3) is 0 Å². The van der Waals surface area contributed by atoms with Gasteiger partial charge in [-0.15, -0.1) is 0 Å². The Bertz CT molecular complexity index is 414. The van der Waals surface area contributed by atoms with Crippen molar-refractivity contribution in [2.24, 2.45) is 0 Å². The normalized spacial score (nSPS) is 9.93. The van der Waals surface area contributed by atoms with Gasteiger partial charge >= 0.3 is 0 Å². The minimum absolute atomic E-state index is 0.502. The zero-order valence-corrected chi connectivity index (χ0v) is 9.16. The van der Waals surface area contributed by atoms with E-state index in [1.54, 1.807) is 13.3 Å². The number of ether oxygens (including phenoxy) is 2. The van der Waals surface area contributed by atoms with Crippen LogP contribution in [0.3, 0.4) is 0 Å². The van der Waals surface area contributed by atoms with Crippen LogP contribution in [0.25, 0.3) is 0 Å². The van der Waals surface area contributed by atoms with Crippen LogP contribution >= 0.6 is 11.5 Å². The molecule has 0 radical (unpaired) electrons. The van der Waals surface area contributed by atoms with Crippen LogP contribution in [0.5, 0.6) is 11.5 Å². The van der Waals surface area contributed by atoms with Crippen molar-refractivity contribution in [1.82, 2.24) is 4.37 Å². The zero-order valence-electron chi connectivity index (χ0n) is 8.34. The quantitative estimate of drug-likeness (QED) is 0.795. The van der Waals surface area contributed by atoms with Crippen LogP contribution in [0.15, 0.2) is 35.8 Å². The lowest BCUT2D eigenvalue weighted by atomic mass is 10.2. The van der Waals surface area contributed by atoms with Crippen molar-refractivity contribution in [1.29, 1.82) is 0 Å². The fourth-order valence-corrected chi connectivity index (χ4v) is 1.71. The fraction of sp³-hybridized carbons (Fsp3) is 0.182. The van der Waals surface area contributed by atoms with E-state index in [2.05, 4.69) is 4.37 Å². The summed E-state index contributed by atoms with van der Waals surface area (Å²) in [7, 11) is 1.66. The lowest BCUT2D eigenvalue weighted by Crippen LogP contribution is -1.97. The van der Waals surface area contributed by atoms with Crippen molar-refractivity contribution in [2.75, 3.05) is 7.11 Å². The first-order chi connectivity index (χ1) is 7.40. The van der Waals surface area contributed by atoms with E-state index in [0.717, 1.165) is 17.1 Å². The summed E-state index contributed by atoms with van der Waals surface area (Å²) in [4.78, 5) is 0. The summed E-state index contributed by atoms with van der Waals surface area (Å²) in [6, 6.07) is 7.81. The highest BCUT2D eigenvalue weighted by molar-refractivity contribution is 7.03. The summed E-state index contributed by atoms with van der Waals surface area (Å²) in [5.74, 6) is 1.64. The number of para-hydroxylation sites is 1. The van der Waals surface area contributed by atoms with Crippen molar-refractivity contribution >= 4 is 11.5 Å². The van der Waals surface area contributed by atoms with E-state index < -0.39 is 0 Å². The SMILES string of the molecule is COc1ccccc1COc1cnsc1. The van der Waals surface area contributed by atoms with Gasteiger partial charge in [-0.25, -0.2) is 0 Å². The number of methoxy groups -OCH3 is 1. The highest BCUT2D eigenvalue weighted by atomic mass is 32.1. The van der Waals surface area contributed by atoms with Gasteiger partial charge in [-0.05, 0) is 17.6 Å². The van der Waals surface area contributed by atoms with Crippen LogP contribution in [0.4, 0.5) is 0 Å². The number of nitrogens with zero attached hydrogens (tertiary/aromatic N) is 1. The van der Waals surface area contributed by atoms with Crippen molar-refractivity contribution in [3.63, 3.8) is 0 Å². The van der Waals surface area contributed by atoms with Crippen molar-refractivity contribution in [2.45, 2.75) is 6.61 Å². The predicted octanol–water partition coefficient (Wildman–Crippen LogP) is 2.73. The van der Waals surface area contributed by atoms with Crippen LogP contribution in [0.1, 0.15) is 5.56 Å². The Hall–Kier alpha value is -1.55. The van der Waals surface area contributed by atoms with Gasteiger partial charge in [0, 0.05) is 5.56 Å². The molecule has 0 bridgehead atoms. The Morgan fingerprint density at radius 1 is 1.33 bits per heavy atom. The fourth-order valence-electron chi connectivity index (χ4n) is 1.25. The molecule has 15 heavy (non-hydrogen) atoms. The topological polar surface area (TPSA) is 31.4 Å². The Balaban J connectivity index is 2.04. The van der Waals surface area contributed by atoms with Crippen LogP contribution in [0.2, 0.25) is 0 Å². The molecule has 0 N–H and O–H groups in total. The first-order valence-electron chi connectivity index (χ1n) is 4.54. The summed E-state index contributed by atoms with van der Waals surface area (Å²) in [6.45, 7) is 0.502.